The summed E-state index contributed by atoms with van der Waals surface area (Å²) in [5.74, 6) is -0.0182. The predicted molar refractivity (Wildman–Crippen MR) is 70.2 cm³/mol. The minimum atomic E-state index is -3.41. The fourth-order valence-electron chi connectivity index (χ4n) is 1.84. The first-order chi connectivity index (χ1) is 8.55. The zero-order chi connectivity index (χ0) is 13.0. The van der Waals surface area contributed by atoms with Crippen LogP contribution < -0.4 is 4.72 Å². The summed E-state index contributed by atoms with van der Waals surface area (Å²) in [5.41, 5.74) is 0.412. The van der Waals surface area contributed by atoms with E-state index in [1.54, 1.807) is 6.07 Å². The Morgan fingerprint density at radius 1 is 1.44 bits per heavy atom. The van der Waals surface area contributed by atoms with Crippen molar-refractivity contribution in [1.82, 2.24) is 4.98 Å². The van der Waals surface area contributed by atoms with Gasteiger partial charge in [0.1, 0.15) is 5.15 Å². The minimum absolute atomic E-state index is 0.0182. The fraction of sp³-hybridized carbons (Fsp3) is 0.545. The monoisotopic (exact) mass is 290 g/mol. The summed E-state index contributed by atoms with van der Waals surface area (Å²) >= 11 is 5.63. The number of anilines is 1. The van der Waals surface area contributed by atoms with E-state index in [1.165, 1.54) is 12.3 Å². The SMILES string of the molecule is O=S(=O)(C[C@H]1CCCCO1)Nc1ccc(Cl)nc1. The van der Waals surface area contributed by atoms with Crippen molar-refractivity contribution in [3.05, 3.63) is 23.5 Å². The van der Waals surface area contributed by atoms with Gasteiger partial charge in [-0.25, -0.2) is 13.4 Å². The number of nitrogens with one attached hydrogen (secondary N) is 1. The van der Waals surface area contributed by atoms with Gasteiger partial charge in [-0.15, -0.1) is 0 Å². The van der Waals surface area contributed by atoms with Gasteiger partial charge in [0.05, 0.1) is 23.7 Å². The maximum atomic E-state index is 11.9. The summed E-state index contributed by atoms with van der Waals surface area (Å²) in [6, 6.07) is 3.12. The van der Waals surface area contributed by atoms with Crippen LogP contribution in [0.1, 0.15) is 19.3 Å². The van der Waals surface area contributed by atoms with Gasteiger partial charge < -0.3 is 4.74 Å². The summed E-state index contributed by atoms with van der Waals surface area (Å²) in [6.07, 6.45) is 3.99. The average Bonchev–Trinajstić information content (AvgIpc) is 2.32. The van der Waals surface area contributed by atoms with Crippen molar-refractivity contribution in [1.29, 1.82) is 0 Å². The van der Waals surface area contributed by atoms with Gasteiger partial charge >= 0.3 is 0 Å². The normalized spacial score (nSPS) is 20.6. The number of aromatic nitrogens is 1. The molecule has 0 aliphatic carbocycles. The van der Waals surface area contributed by atoms with Crippen LogP contribution in [0.2, 0.25) is 5.15 Å². The largest absolute Gasteiger partial charge is 0.377 e. The van der Waals surface area contributed by atoms with Gasteiger partial charge in [0.25, 0.3) is 0 Å². The predicted octanol–water partition coefficient (Wildman–Crippen LogP) is 2.05. The van der Waals surface area contributed by atoms with Crippen LogP contribution in [0.5, 0.6) is 0 Å². The van der Waals surface area contributed by atoms with Gasteiger partial charge in [-0.05, 0) is 31.4 Å². The van der Waals surface area contributed by atoms with Crippen LogP contribution in [-0.4, -0.2) is 31.9 Å². The molecule has 2 rings (SSSR count). The average molecular weight is 291 g/mol. The fourth-order valence-corrected chi connectivity index (χ4v) is 3.27. The van der Waals surface area contributed by atoms with E-state index in [-0.39, 0.29) is 11.9 Å². The van der Waals surface area contributed by atoms with Crippen LogP contribution in [0, 0.1) is 0 Å². The number of ether oxygens (including phenoxy) is 1. The zero-order valence-electron chi connectivity index (χ0n) is 9.80. The van der Waals surface area contributed by atoms with Crippen LogP contribution in [0.4, 0.5) is 5.69 Å². The summed E-state index contributed by atoms with van der Waals surface area (Å²) in [6.45, 7) is 0.642. The van der Waals surface area contributed by atoms with Gasteiger partial charge in [0.2, 0.25) is 10.0 Å². The van der Waals surface area contributed by atoms with Gasteiger partial charge in [-0.2, -0.15) is 0 Å². The van der Waals surface area contributed by atoms with Crippen LogP contribution >= 0.6 is 11.6 Å². The van der Waals surface area contributed by atoms with E-state index in [1.807, 2.05) is 0 Å². The molecule has 0 aromatic carbocycles. The lowest BCUT2D eigenvalue weighted by atomic mass is 10.1. The van der Waals surface area contributed by atoms with Gasteiger partial charge in [0.15, 0.2) is 0 Å². The van der Waals surface area contributed by atoms with Crippen molar-refractivity contribution in [2.75, 3.05) is 17.1 Å². The molecule has 1 N–H and O–H groups in total. The van der Waals surface area contributed by atoms with Gasteiger partial charge in [-0.3, -0.25) is 4.72 Å². The Balaban J connectivity index is 1.96. The molecule has 100 valence electrons. The van der Waals surface area contributed by atoms with Crippen LogP contribution in [0.15, 0.2) is 18.3 Å². The van der Waals surface area contributed by atoms with Crippen LogP contribution in [0.25, 0.3) is 0 Å². The summed E-state index contributed by atoms with van der Waals surface area (Å²) in [7, 11) is -3.41. The van der Waals surface area contributed by atoms with E-state index < -0.39 is 10.0 Å². The van der Waals surface area contributed by atoms with Crippen molar-refractivity contribution in [2.24, 2.45) is 0 Å². The number of nitrogens with zero attached hydrogens (tertiary/aromatic N) is 1. The van der Waals surface area contributed by atoms with E-state index in [0.29, 0.717) is 17.4 Å². The first-order valence-electron chi connectivity index (χ1n) is 5.79. The Hall–Kier alpha value is -0.850. The third-order valence-electron chi connectivity index (χ3n) is 2.68. The van der Waals surface area contributed by atoms with Gasteiger partial charge in [-0.1, -0.05) is 11.6 Å². The molecule has 5 nitrogen and oxygen atoms in total. The third kappa shape index (κ3) is 4.12. The number of sulfonamides is 1. The molecule has 0 spiro atoms. The molecular formula is C11H15ClN2O3S. The lowest BCUT2D eigenvalue weighted by Crippen LogP contribution is -2.30. The van der Waals surface area contributed by atoms with Crippen molar-refractivity contribution < 1.29 is 13.2 Å². The number of rotatable bonds is 4. The third-order valence-corrected chi connectivity index (χ3v) is 4.26. The molecule has 1 aromatic rings. The van der Waals surface area contributed by atoms with E-state index >= 15 is 0 Å². The highest BCUT2D eigenvalue weighted by Crippen LogP contribution is 2.16. The Morgan fingerprint density at radius 3 is 2.89 bits per heavy atom. The lowest BCUT2D eigenvalue weighted by molar-refractivity contribution is 0.0306. The molecule has 1 atom stereocenters. The highest BCUT2D eigenvalue weighted by Gasteiger charge is 2.22. The zero-order valence-corrected chi connectivity index (χ0v) is 11.4. The maximum absolute atomic E-state index is 11.9. The Labute approximate surface area is 112 Å². The topological polar surface area (TPSA) is 68.3 Å². The molecule has 0 saturated carbocycles. The second-order valence-corrected chi connectivity index (χ2v) is 6.40. The molecule has 0 bridgehead atoms. The lowest BCUT2D eigenvalue weighted by Gasteiger charge is -2.22. The molecule has 2 heterocycles. The first-order valence-corrected chi connectivity index (χ1v) is 7.82. The van der Waals surface area contributed by atoms with E-state index in [9.17, 15) is 8.42 Å². The standard InChI is InChI=1S/C11H15ClN2O3S/c12-11-5-4-9(7-13-11)14-18(15,16)8-10-3-1-2-6-17-10/h4-5,7,10,14H,1-3,6,8H2/t10-/m1/s1. The van der Waals surface area contributed by atoms with E-state index in [0.717, 1.165) is 19.3 Å². The van der Waals surface area contributed by atoms with Crippen molar-refractivity contribution >= 4 is 27.3 Å². The van der Waals surface area contributed by atoms with Gasteiger partial charge in [0, 0.05) is 6.61 Å². The first kappa shape index (κ1) is 13.6. The van der Waals surface area contributed by atoms with E-state index in [4.69, 9.17) is 16.3 Å². The highest BCUT2D eigenvalue weighted by molar-refractivity contribution is 7.92. The smallest absolute Gasteiger partial charge is 0.235 e. The second kappa shape index (κ2) is 5.86. The molecule has 0 amide bonds. The highest BCUT2D eigenvalue weighted by atomic mass is 35.5. The van der Waals surface area contributed by atoms with Crippen molar-refractivity contribution in [2.45, 2.75) is 25.4 Å². The number of hydrogen-bond acceptors (Lipinski definition) is 4. The van der Waals surface area contributed by atoms with Crippen molar-refractivity contribution in [3.63, 3.8) is 0 Å². The number of pyridine rings is 1. The number of hydrogen-bond donors (Lipinski definition) is 1. The molecule has 1 aliphatic rings. The molecular weight excluding hydrogens is 276 g/mol. The molecule has 0 radical (unpaired) electrons. The van der Waals surface area contributed by atoms with E-state index in [2.05, 4.69) is 9.71 Å². The summed E-state index contributed by atoms with van der Waals surface area (Å²) in [5, 5.41) is 0.327. The Morgan fingerprint density at radius 2 is 2.28 bits per heavy atom. The molecule has 1 aliphatic heterocycles. The maximum Gasteiger partial charge on any atom is 0.235 e. The molecule has 0 unspecified atom stereocenters. The Kier molecular flexibility index (Phi) is 4.42. The van der Waals surface area contributed by atoms with Crippen LogP contribution in [-0.2, 0) is 14.8 Å². The van der Waals surface area contributed by atoms with Crippen molar-refractivity contribution in [3.8, 4) is 0 Å². The van der Waals surface area contributed by atoms with Crippen LogP contribution in [0.3, 0.4) is 0 Å². The quantitative estimate of drug-likeness (QED) is 0.862. The minimum Gasteiger partial charge on any atom is -0.377 e. The molecule has 7 heteroatoms. The summed E-state index contributed by atoms with van der Waals surface area (Å²) in [4.78, 5) is 3.82. The molecule has 1 saturated heterocycles. The molecule has 1 fully saturated rings. The summed E-state index contributed by atoms with van der Waals surface area (Å²) < 4.78 is 31.7. The molecule has 1 aromatic heterocycles. The molecule has 18 heavy (non-hydrogen) atoms. The Bertz CT molecular complexity index is 484. The second-order valence-electron chi connectivity index (χ2n) is 4.24. The number of halogens is 1.